The molecule has 36 heavy (non-hydrogen) atoms. The molecule has 0 atom stereocenters. The fourth-order valence-electron chi connectivity index (χ4n) is 4.01. The van der Waals surface area contributed by atoms with Gasteiger partial charge in [0.25, 0.3) is 5.91 Å². The van der Waals surface area contributed by atoms with E-state index in [9.17, 15) is 18.8 Å². The Balaban J connectivity index is 1.43. The van der Waals surface area contributed by atoms with E-state index in [-0.39, 0.29) is 30.4 Å². The molecule has 0 bridgehead atoms. The summed E-state index contributed by atoms with van der Waals surface area (Å²) in [5.41, 5.74) is 1.17. The van der Waals surface area contributed by atoms with Crippen molar-refractivity contribution in [1.82, 2.24) is 10.2 Å². The SMILES string of the molecule is CC(C)OCCCNC(=O)C1CCN(CC(=O)Nc2ccccc2C(=O)Nc2ccc(F)cc2)CC1. The van der Waals surface area contributed by atoms with Crippen molar-refractivity contribution in [3.8, 4) is 0 Å². The lowest BCUT2D eigenvalue weighted by Gasteiger charge is -2.30. The predicted molar refractivity (Wildman–Crippen MR) is 137 cm³/mol. The maximum atomic E-state index is 13.1. The van der Waals surface area contributed by atoms with Gasteiger partial charge in [0, 0.05) is 24.8 Å². The number of carbonyl (C=O) groups is 3. The molecule has 2 aromatic rings. The maximum Gasteiger partial charge on any atom is 0.257 e. The van der Waals surface area contributed by atoms with Crippen LogP contribution < -0.4 is 16.0 Å². The largest absolute Gasteiger partial charge is 0.379 e. The molecule has 194 valence electrons. The van der Waals surface area contributed by atoms with Crippen LogP contribution in [0.4, 0.5) is 15.8 Å². The topological polar surface area (TPSA) is 99.8 Å². The Bertz CT molecular complexity index is 1020. The van der Waals surface area contributed by atoms with E-state index in [1.807, 2.05) is 18.7 Å². The average Bonchev–Trinajstić information content (AvgIpc) is 2.85. The number of anilines is 2. The number of benzene rings is 2. The van der Waals surface area contributed by atoms with E-state index in [1.165, 1.54) is 24.3 Å². The Morgan fingerprint density at radius 1 is 1.03 bits per heavy atom. The number of para-hydroxylation sites is 1. The first-order valence-corrected chi connectivity index (χ1v) is 12.4. The number of likely N-dealkylation sites (tertiary alicyclic amines) is 1. The number of piperidine rings is 1. The van der Waals surface area contributed by atoms with Gasteiger partial charge in [-0.05, 0) is 82.6 Å². The maximum absolute atomic E-state index is 13.1. The first-order valence-electron chi connectivity index (χ1n) is 12.4. The van der Waals surface area contributed by atoms with Crippen molar-refractivity contribution in [2.75, 3.05) is 43.4 Å². The summed E-state index contributed by atoms with van der Waals surface area (Å²) in [6.07, 6.45) is 2.36. The number of hydrogen-bond acceptors (Lipinski definition) is 5. The molecule has 0 saturated carbocycles. The summed E-state index contributed by atoms with van der Waals surface area (Å²) in [6.45, 7) is 6.67. The highest BCUT2D eigenvalue weighted by Crippen LogP contribution is 2.20. The number of nitrogens with zero attached hydrogens (tertiary/aromatic N) is 1. The number of halogens is 1. The third-order valence-corrected chi connectivity index (χ3v) is 5.94. The first kappa shape index (κ1) is 27.3. The highest BCUT2D eigenvalue weighted by atomic mass is 19.1. The molecule has 3 N–H and O–H groups in total. The van der Waals surface area contributed by atoms with Crippen LogP contribution in [0.1, 0.15) is 43.5 Å². The van der Waals surface area contributed by atoms with Crippen LogP contribution in [0, 0.1) is 11.7 Å². The Kier molecular flexibility index (Phi) is 10.4. The van der Waals surface area contributed by atoms with Crippen LogP contribution in [-0.4, -0.2) is 61.5 Å². The van der Waals surface area contributed by atoms with Crippen LogP contribution in [0.2, 0.25) is 0 Å². The molecule has 1 heterocycles. The zero-order chi connectivity index (χ0) is 25.9. The number of nitrogens with one attached hydrogen (secondary N) is 3. The molecule has 1 saturated heterocycles. The number of carbonyl (C=O) groups excluding carboxylic acids is 3. The van der Waals surface area contributed by atoms with Crippen molar-refractivity contribution in [2.45, 2.75) is 39.2 Å². The van der Waals surface area contributed by atoms with Gasteiger partial charge in [-0.15, -0.1) is 0 Å². The van der Waals surface area contributed by atoms with Crippen molar-refractivity contribution in [2.24, 2.45) is 5.92 Å². The third kappa shape index (κ3) is 8.73. The van der Waals surface area contributed by atoms with Crippen molar-refractivity contribution in [1.29, 1.82) is 0 Å². The molecule has 0 unspecified atom stereocenters. The van der Waals surface area contributed by atoms with Gasteiger partial charge in [-0.25, -0.2) is 4.39 Å². The van der Waals surface area contributed by atoms with Gasteiger partial charge in [-0.3, -0.25) is 19.3 Å². The fraction of sp³-hybridized carbons (Fsp3) is 0.444. The van der Waals surface area contributed by atoms with Crippen LogP contribution in [0.25, 0.3) is 0 Å². The Morgan fingerprint density at radius 3 is 2.42 bits per heavy atom. The third-order valence-electron chi connectivity index (χ3n) is 5.94. The molecule has 3 rings (SSSR count). The second-order valence-electron chi connectivity index (χ2n) is 9.17. The van der Waals surface area contributed by atoms with E-state index in [1.54, 1.807) is 24.3 Å². The molecule has 0 radical (unpaired) electrons. The fourth-order valence-corrected chi connectivity index (χ4v) is 4.01. The Morgan fingerprint density at radius 2 is 1.72 bits per heavy atom. The normalized spacial score (nSPS) is 14.4. The minimum absolute atomic E-state index is 0.0498. The number of amides is 3. The van der Waals surface area contributed by atoms with Crippen molar-refractivity contribution < 1.29 is 23.5 Å². The zero-order valence-electron chi connectivity index (χ0n) is 20.9. The van der Waals surface area contributed by atoms with Gasteiger partial charge in [-0.2, -0.15) is 0 Å². The standard InChI is InChI=1S/C27H35FN4O4/c1-19(2)36-17-5-14-29-26(34)20-12-15-32(16-13-20)18-25(33)31-24-7-4-3-6-23(24)27(35)30-22-10-8-21(28)9-11-22/h3-4,6-11,19-20H,5,12-18H2,1-2H3,(H,29,34)(H,30,35)(H,31,33). The van der Waals surface area contributed by atoms with E-state index < -0.39 is 11.7 Å². The lowest BCUT2D eigenvalue weighted by molar-refractivity contribution is -0.126. The van der Waals surface area contributed by atoms with Crippen molar-refractivity contribution >= 4 is 29.1 Å². The zero-order valence-corrected chi connectivity index (χ0v) is 20.9. The first-order chi connectivity index (χ1) is 17.3. The Hall–Kier alpha value is -3.30. The highest BCUT2D eigenvalue weighted by molar-refractivity contribution is 6.10. The summed E-state index contributed by atoms with van der Waals surface area (Å²) in [7, 11) is 0. The molecule has 1 fully saturated rings. The van der Waals surface area contributed by atoms with Gasteiger partial charge in [0.2, 0.25) is 11.8 Å². The molecule has 9 heteroatoms. The van der Waals surface area contributed by atoms with E-state index >= 15 is 0 Å². The molecule has 0 aromatic heterocycles. The lowest BCUT2D eigenvalue weighted by atomic mass is 9.96. The Labute approximate surface area is 211 Å². The molecule has 2 aromatic carbocycles. The molecular formula is C27H35FN4O4. The summed E-state index contributed by atoms with van der Waals surface area (Å²) < 4.78 is 18.6. The molecule has 0 spiro atoms. The molecule has 8 nitrogen and oxygen atoms in total. The summed E-state index contributed by atoms with van der Waals surface area (Å²) in [6, 6.07) is 12.2. The number of rotatable bonds is 11. The van der Waals surface area contributed by atoms with Gasteiger partial charge < -0.3 is 20.7 Å². The summed E-state index contributed by atoms with van der Waals surface area (Å²) in [5, 5.41) is 8.51. The quantitative estimate of drug-likeness (QED) is 0.411. The van der Waals surface area contributed by atoms with E-state index in [4.69, 9.17) is 4.74 Å². The second-order valence-corrected chi connectivity index (χ2v) is 9.17. The van der Waals surface area contributed by atoms with Gasteiger partial charge >= 0.3 is 0 Å². The van der Waals surface area contributed by atoms with Gasteiger partial charge in [0.05, 0.1) is 23.9 Å². The van der Waals surface area contributed by atoms with Gasteiger partial charge in [0.1, 0.15) is 5.82 Å². The second kappa shape index (κ2) is 13.7. The van der Waals surface area contributed by atoms with Crippen molar-refractivity contribution in [3.05, 3.63) is 59.9 Å². The predicted octanol–water partition coefficient (Wildman–Crippen LogP) is 3.66. The minimum Gasteiger partial charge on any atom is -0.379 e. The van der Waals surface area contributed by atoms with Crippen LogP contribution in [0.5, 0.6) is 0 Å². The number of hydrogen-bond donors (Lipinski definition) is 3. The van der Waals surface area contributed by atoms with E-state index in [2.05, 4.69) is 16.0 Å². The highest BCUT2D eigenvalue weighted by Gasteiger charge is 2.26. The summed E-state index contributed by atoms with van der Waals surface area (Å²) in [4.78, 5) is 39.8. The van der Waals surface area contributed by atoms with E-state index in [0.29, 0.717) is 56.0 Å². The van der Waals surface area contributed by atoms with Crippen LogP contribution in [0.3, 0.4) is 0 Å². The molecule has 1 aliphatic rings. The lowest BCUT2D eigenvalue weighted by Crippen LogP contribution is -2.43. The summed E-state index contributed by atoms with van der Waals surface area (Å²) in [5.74, 6) is -1.02. The molecule has 3 amide bonds. The molecule has 0 aliphatic carbocycles. The van der Waals surface area contributed by atoms with Crippen molar-refractivity contribution in [3.63, 3.8) is 0 Å². The van der Waals surface area contributed by atoms with Crippen LogP contribution in [0.15, 0.2) is 48.5 Å². The van der Waals surface area contributed by atoms with Crippen LogP contribution in [-0.2, 0) is 14.3 Å². The van der Waals surface area contributed by atoms with E-state index in [0.717, 1.165) is 6.42 Å². The monoisotopic (exact) mass is 498 g/mol. The van der Waals surface area contributed by atoms with Gasteiger partial charge in [-0.1, -0.05) is 12.1 Å². The summed E-state index contributed by atoms with van der Waals surface area (Å²) >= 11 is 0. The molecule has 1 aliphatic heterocycles. The van der Waals surface area contributed by atoms with Crippen LogP contribution >= 0.6 is 0 Å². The molecular weight excluding hydrogens is 463 g/mol. The minimum atomic E-state index is -0.403. The smallest absolute Gasteiger partial charge is 0.257 e. The number of ether oxygens (including phenoxy) is 1. The average molecular weight is 499 g/mol. The van der Waals surface area contributed by atoms with Gasteiger partial charge in [0.15, 0.2) is 0 Å².